The van der Waals surface area contributed by atoms with Crippen molar-refractivity contribution in [3.05, 3.63) is 57.8 Å². The molecule has 19 heavy (non-hydrogen) atoms. The Kier molecular flexibility index (Phi) is 4.88. The first-order valence-electron chi connectivity index (χ1n) is 6.46. The number of hydrogen-bond acceptors (Lipinski definition) is 3. The van der Waals surface area contributed by atoms with E-state index in [0.29, 0.717) is 6.54 Å². The molecule has 100 valence electrons. The maximum Gasteiger partial charge on any atom is 0.177 e. The maximum absolute atomic E-state index is 12.2. The summed E-state index contributed by atoms with van der Waals surface area (Å²) in [5, 5.41) is 2.09. The molecule has 0 aliphatic heterocycles. The van der Waals surface area contributed by atoms with Gasteiger partial charge in [0.15, 0.2) is 5.78 Å². The number of likely N-dealkylation sites (N-methyl/N-ethyl adjacent to an activating group) is 1. The Morgan fingerprint density at radius 3 is 2.68 bits per heavy atom. The van der Waals surface area contributed by atoms with Crippen LogP contribution in [0, 0.1) is 6.92 Å². The van der Waals surface area contributed by atoms with Gasteiger partial charge in [-0.25, -0.2) is 0 Å². The molecule has 0 aliphatic carbocycles. The first-order valence-corrected chi connectivity index (χ1v) is 7.34. The molecule has 1 aromatic heterocycles. The van der Waals surface area contributed by atoms with Crippen LogP contribution < -0.4 is 0 Å². The molecule has 0 fully saturated rings. The number of carbonyl (C=O) groups excluding carboxylic acids is 1. The van der Waals surface area contributed by atoms with Gasteiger partial charge in [0.05, 0.1) is 6.54 Å². The summed E-state index contributed by atoms with van der Waals surface area (Å²) in [6.07, 6.45) is 1.01. The molecule has 1 aromatic carbocycles. The van der Waals surface area contributed by atoms with Gasteiger partial charge in [-0.2, -0.15) is 0 Å². The third kappa shape index (κ3) is 4.01. The normalized spacial score (nSPS) is 10.9. The van der Waals surface area contributed by atoms with Crippen molar-refractivity contribution in [1.82, 2.24) is 4.90 Å². The lowest BCUT2D eigenvalue weighted by Gasteiger charge is -2.15. The average Bonchev–Trinajstić information content (AvgIpc) is 2.90. The van der Waals surface area contributed by atoms with Crippen molar-refractivity contribution in [3.63, 3.8) is 0 Å². The van der Waals surface area contributed by atoms with E-state index in [-0.39, 0.29) is 5.78 Å². The fourth-order valence-electron chi connectivity index (χ4n) is 2.05. The van der Waals surface area contributed by atoms with Gasteiger partial charge < -0.3 is 0 Å². The second-order valence-corrected chi connectivity index (χ2v) is 5.84. The van der Waals surface area contributed by atoms with Gasteiger partial charge >= 0.3 is 0 Å². The predicted octanol–water partition coefficient (Wildman–Crippen LogP) is 3.41. The first-order chi connectivity index (χ1) is 9.16. The van der Waals surface area contributed by atoms with E-state index in [9.17, 15) is 4.79 Å². The Balaban J connectivity index is 1.87. The molecule has 0 saturated heterocycles. The SMILES string of the molecule is Cc1ccccc1C(=O)CN(C)CCc1cccs1. The molecule has 0 aliphatic rings. The van der Waals surface area contributed by atoms with Gasteiger partial charge in [-0.3, -0.25) is 9.69 Å². The second-order valence-electron chi connectivity index (χ2n) is 4.81. The molecule has 2 rings (SSSR count). The van der Waals surface area contributed by atoms with Gasteiger partial charge in [-0.15, -0.1) is 11.3 Å². The summed E-state index contributed by atoms with van der Waals surface area (Å²) in [6, 6.07) is 12.0. The molecule has 0 N–H and O–H groups in total. The van der Waals surface area contributed by atoms with Crippen molar-refractivity contribution in [3.8, 4) is 0 Å². The van der Waals surface area contributed by atoms with Crippen LogP contribution in [0.15, 0.2) is 41.8 Å². The number of benzene rings is 1. The zero-order valence-electron chi connectivity index (χ0n) is 11.4. The van der Waals surface area contributed by atoms with Gasteiger partial charge in [0.1, 0.15) is 0 Å². The van der Waals surface area contributed by atoms with E-state index in [1.807, 2.05) is 38.2 Å². The summed E-state index contributed by atoms with van der Waals surface area (Å²) < 4.78 is 0. The van der Waals surface area contributed by atoms with Gasteiger partial charge in [-0.05, 0) is 37.4 Å². The van der Waals surface area contributed by atoms with Crippen LogP contribution in [-0.4, -0.2) is 30.8 Å². The molecular formula is C16H19NOS. The Morgan fingerprint density at radius 1 is 1.21 bits per heavy atom. The highest BCUT2D eigenvalue weighted by molar-refractivity contribution is 7.09. The summed E-state index contributed by atoms with van der Waals surface area (Å²) in [4.78, 5) is 15.7. The summed E-state index contributed by atoms with van der Waals surface area (Å²) in [6.45, 7) is 3.38. The van der Waals surface area contributed by atoms with Crippen LogP contribution in [0.2, 0.25) is 0 Å². The van der Waals surface area contributed by atoms with Gasteiger partial charge in [0.2, 0.25) is 0 Å². The summed E-state index contributed by atoms with van der Waals surface area (Å²) >= 11 is 1.77. The molecule has 0 radical (unpaired) electrons. The lowest BCUT2D eigenvalue weighted by atomic mass is 10.0. The van der Waals surface area contributed by atoms with Crippen LogP contribution in [0.1, 0.15) is 20.8 Å². The number of carbonyl (C=O) groups is 1. The molecule has 0 bridgehead atoms. The van der Waals surface area contributed by atoms with Gasteiger partial charge in [0.25, 0.3) is 0 Å². The van der Waals surface area contributed by atoms with Crippen LogP contribution in [0.4, 0.5) is 0 Å². The zero-order chi connectivity index (χ0) is 13.7. The number of nitrogens with zero attached hydrogens (tertiary/aromatic N) is 1. The van der Waals surface area contributed by atoms with E-state index in [1.165, 1.54) is 4.88 Å². The molecule has 2 nitrogen and oxygen atoms in total. The molecule has 3 heteroatoms. The van der Waals surface area contributed by atoms with Crippen LogP contribution in [0.25, 0.3) is 0 Å². The monoisotopic (exact) mass is 273 g/mol. The van der Waals surface area contributed by atoms with Crippen LogP contribution in [-0.2, 0) is 6.42 Å². The molecule has 0 saturated carbocycles. The molecule has 0 spiro atoms. The quantitative estimate of drug-likeness (QED) is 0.752. The minimum absolute atomic E-state index is 0.201. The van der Waals surface area contributed by atoms with Gasteiger partial charge in [-0.1, -0.05) is 30.3 Å². The van der Waals surface area contributed by atoms with Crippen molar-refractivity contribution in [1.29, 1.82) is 0 Å². The van der Waals surface area contributed by atoms with Crippen molar-refractivity contribution in [2.75, 3.05) is 20.1 Å². The zero-order valence-corrected chi connectivity index (χ0v) is 12.2. The molecule has 1 heterocycles. The highest BCUT2D eigenvalue weighted by Gasteiger charge is 2.11. The number of thiophene rings is 1. The summed E-state index contributed by atoms with van der Waals surface area (Å²) in [5.74, 6) is 0.201. The van der Waals surface area contributed by atoms with E-state index in [0.717, 1.165) is 24.1 Å². The summed E-state index contributed by atoms with van der Waals surface area (Å²) in [5.41, 5.74) is 1.89. The van der Waals surface area contributed by atoms with E-state index < -0.39 is 0 Å². The van der Waals surface area contributed by atoms with Crippen LogP contribution in [0.5, 0.6) is 0 Å². The smallest absolute Gasteiger partial charge is 0.177 e. The minimum Gasteiger partial charge on any atom is -0.299 e. The van der Waals surface area contributed by atoms with Crippen LogP contribution >= 0.6 is 11.3 Å². The maximum atomic E-state index is 12.2. The predicted molar refractivity (Wildman–Crippen MR) is 81.0 cm³/mol. The Hall–Kier alpha value is -1.45. The van der Waals surface area contributed by atoms with E-state index in [2.05, 4.69) is 22.4 Å². The van der Waals surface area contributed by atoms with E-state index in [1.54, 1.807) is 11.3 Å². The lowest BCUT2D eigenvalue weighted by Crippen LogP contribution is -2.28. The number of Topliss-reactive ketones (excluding diaryl/α,β-unsaturated/α-hetero) is 1. The fourth-order valence-corrected chi connectivity index (χ4v) is 2.75. The third-order valence-electron chi connectivity index (χ3n) is 3.18. The number of hydrogen-bond donors (Lipinski definition) is 0. The van der Waals surface area contributed by atoms with Crippen molar-refractivity contribution in [2.24, 2.45) is 0 Å². The molecular weight excluding hydrogens is 254 g/mol. The van der Waals surface area contributed by atoms with Crippen molar-refractivity contribution >= 4 is 17.1 Å². The number of aryl methyl sites for hydroxylation is 1. The number of rotatable bonds is 6. The fraction of sp³-hybridized carbons (Fsp3) is 0.312. The van der Waals surface area contributed by atoms with Crippen molar-refractivity contribution in [2.45, 2.75) is 13.3 Å². The average molecular weight is 273 g/mol. The Labute approximate surface area is 118 Å². The third-order valence-corrected chi connectivity index (χ3v) is 4.12. The Bertz CT molecular complexity index is 533. The highest BCUT2D eigenvalue weighted by Crippen LogP contribution is 2.11. The van der Waals surface area contributed by atoms with Gasteiger partial charge in [0, 0.05) is 17.0 Å². The van der Waals surface area contributed by atoms with E-state index in [4.69, 9.17) is 0 Å². The standard InChI is InChI=1S/C16H19NOS/c1-13-6-3-4-8-15(13)16(18)12-17(2)10-9-14-7-5-11-19-14/h3-8,11H,9-10,12H2,1-2H3. The highest BCUT2D eigenvalue weighted by atomic mass is 32.1. The lowest BCUT2D eigenvalue weighted by molar-refractivity contribution is 0.0946. The van der Waals surface area contributed by atoms with Crippen LogP contribution in [0.3, 0.4) is 0 Å². The Morgan fingerprint density at radius 2 is 2.00 bits per heavy atom. The molecule has 0 unspecified atom stereocenters. The molecule has 2 aromatic rings. The number of ketones is 1. The second kappa shape index (κ2) is 6.64. The van der Waals surface area contributed by atoms with E-state index >= 15 is 0 Å². The molecule has 0 atom stereocenters. The largest absolute Gasteiger partial charge is 0.299 e. The topological polar surface area (TPSA) is 20.3 Å². The summed E-state index contributed by atoms with van der Waals surface area (Å²) in [7, 11) is 2.00. The molecule has 0 amide bonds. The van der Waals surface area contributed by atoms with Crippen molar-refractivity contribution < 1.29 is 4.79 Å². The minimum atomic E-state index is 0.201. The first kappa shape index (κ1) is 14.0.